The lowest BCUT2D eigenvalue weighted by atomic mass is 10.1. The highest BCUT2D eigenvalue weighted by molar-refractivity contribution is 5.76. The molecule has 150 valence electrons. The molecule has 4 aromatic rings. The third-order valence-electron chi connectivity index (χ3n) is 4.74. The highest BCUT2D eigenvalue weighted by atomic mass is 19.3. The molecule has 0 spiro atoms. The fourth-order valence-corrected chi connectivity index (χ4v) is 3.11. The molecule has 0 fully saturated rings. The summed E-state index contributed by atoms with van der Waals surface area (Å²) >= 11 is 0. The Bertz CT molecular complexity index is 1130. The maximum atomic E-state index is 13.8. The normalized spacial score (nSPS) is 12.5. The van der Waals surface area contributed by atoms with Gasteiger partial charge in [0.15, 0.2) is 5.65 Å². The van der Waals surface area contributed by atoms with E-state index in [1.54, 1.807) is 54.2 Å². The van der Waals surface area contributed by atoms with Gasteiger partial charge in [0.1, 0.15) is 17.4 Å². The summed E-state index contributed by atoms with van der Waals surface area (Å²) < 4.78 is 45.5. The van der Waals surface area contributed by atoms with Crippen molar-refractivity contribution >= 4 is 11.5 Å². The number of aromatic nitrogens is 5. The number of H-pyrrole nitrogens is 1. The van der Waals surface area contributed by atoms with Crippen LogP contribution < -0.4 is 9.64 Å². The first-order valence-corrected chi connectivity index (χ1v) is 8.74. The number of rotatable bonds is 6. The van der Waals surface area contributed by atoms with Crippen molar-refractivity contribution in [2.24, 2.45) is 0 Å². The zero-order chi connectivity index (χ0) is 20.5. The summed E-state index contributed by atoms with van der Waals surface area (Å²) in [6.07, 6.45) is 6.82. The highest BCUT2D eigenvalue weighted by Gasteiger charge is 2.21. The van der Waals surface area contributed by atoms with Gasteiger partial charge >= 0.3 is 6.61 Å². The molecule has 10 heteroatoms. The first-order valence-electron chi connectivity index (χ1n) is 8.74. The number of benzene rings is 1. The predicted octanol–water partition coefficient (Wildman–Crippen LogP) is 4.06. The summed E-state index contributed by atoms with van der Waals surface area (Å²) in [5, 5.41) is 11.0. The molecular weight excluding hydrogens is 385 g/mol. The van der Waals surface area contributed by atoms with Gasteiger partial charge < -0.3 is 9.64 Å². The average molecular weight is 402 g/mol. The van der Waals surface area contributed by atoms with Crippen LogP contribution in [0.5, 0.6) is 5.75 Å². The zero-order valence-corrected chi connectivity index (χ0v) is 15.6. The van der Waals surface area contributed by atoms with Crippen molar-refractivity contribution in [2.45, 2.75) is 19.6 Å². The molecule has 7 nitrogen and oxygen atoms in total. The maximum Gasteiger partial charge on any atom is 0.387 e. The van der Waals surface area contributed by atoms with Crippen molar-refractivity contribution in [2.75, 3.05) is 11.9 Å². The molecule has 1 unspecified atom stereocenters. The number of ether oxygens (including phenoxy) is 1. The van der Waals surface area contributed by atoms with Gasteiger partial charge in [-0.05, 0) is 31.2 Å². The Morgan fingerprint density at radius 2 is 2.03 bits per heavy atom. The third-order valence-corrected chi connectivity index (χ3v) is 4.74. The molecule has 0 saturated heterocycles. The largest absolute Gasteiger partial charge is 0.434 e. The summed E-state index contributed by atoms with van der Waals surface area (Å²) in [5.74, 6) is -0.0592. The molecular formula is C19H17F3N6O. The SMILES string of the molecule is CC(c1cc(F)ccc1OC(F)F)N(C)c1ccn2ncc(-c3cn[nH]c3)c2n1. The van der Waals surface area contributed by atoms with Crippen molar-refractivity contribution < 1.29 is 17.9 Å². The molecule has 29 heavy (non-hydrogen) atoms. The highest BCUT2D eigenvalue weighted by Crippen LogP contribution is 2.33. The lowest BCUT2D eigenvalue weighted by molar-refractivity contribution is -0.0506. The second-order valence-electron chi connectivity index (χ2n) is 6.45. The minimum atomic E-state index is -3.00. The van der Waals surface area contributed by atoms with E-state index in [2.05, 4.69) is 25.0 Å². The Kier molecular flexibility index (Phi) is 4.83. The molecule has 0 radical (unpaired) electrons. The van der Waals surface area contributed by atoms with E-state index in [4.69, 9.17) is 0 Å². The molecule has 0 aliphatic heterocycles. The Morgan fingerprint density at radius 3 is 2.76 bits per heavy atom. The Balaban J connectivity index is 1.71. The molecule has 1 N–H and O–H groups in total. The van der Waals surface area contributed by atoms with E-state index < -0.39 is 18.5 Å². The fraction of sp³-hybridized carbons (Fsp3) is 0.211. The zero-order valence-electron chi connectivity index (χ0n) is 15.6. The Hall–Kier alpha value is -3.56. The minimum absolute atomic E-state index is 0.0785. The monoisotopic (exact) mass is 402 g/mol. The molecule has 0 saturated carbocycles. The number of aromatic amines is 1. The number of nitrogens with zero attached hydrogens (tertiary/aromatic N) is 5. The topological polar surface area (TPSA) is 71.3 Å². The van der Waals surface area contributed by atoms with Crippen LogP contribution in [0.15, 0.2) is 49.1 Å². The van der Waals surface area contributed by atoms with Gasteiger partial charge in [-0.1, -0.05) is 0 Å². The molecule has 0 bridgehead atoms. The second-order valence-corrected chi connectivity index (χ2v) is 6.45. The van der Waals surface area contributed by atoms with Gasteiger partial charge in [0, 0.05) is 36.1 Å². The smallest absolute Gasteiger partial charge is 0.387 e. The minimum Gasteiger partial charge on any atom is -0.434 e. The van der Waals surface area contributed by atoms with Gasteiger partial charge in [0.2, 0.25) is 0 Å². The number of alkyl halides is 2. The van der Waals surface area contributed by atoms with E-state index in [0.29, 0.717) is 11.5 Å². The van der Waals surface area contributed by atoms with Gasteiger partial charge in [-0.2, -0.15) is 19.0 Å². The molecule has 1 atom stereocenters. The van der Waals surface area contributed by atoms with Gasteiger partial charge in [-0.3, -0.25) is 5.10 Å². The van der Waals surface area contributed by atoms with Crippen LogP contribution in [0.2, 0.25) is 0 Å². The van der Waals surface area contributed by atoms with Gasteiger partial charge in [-0.25, -0.2) is 13.9 Å². The number of fused-ring (bicyclic) bond motifs is 1. The molecule has 0 aliphatic rings. The first-order chi connectivity index (χ1) is 13.9. The molecule has 4 rings (SSSR count). The Morgan fingerprint density at radius 1 is 1.21 bits per heavy atom. The summed E-state index contributed by atoms with van der Waals surface area (Å²) in [6, 6.07) is 4.72. The lowest BCUT2D eigenvalue weighted by Crippen LogP contribution is -2.24. The fourth-order valence-electron chi connectivity index (χ4n) is 3.11. The standard InChI is InChI=1S/C19H17F3N6O/c1-11(14-7-13(20)3-4-16(14)29-19(21)22)27(2)17-5-6-28-18(26-17)15(10-25-28)12-8-23-24-9-12/h3-11,19H,1-2H3,(H,23,24). The van der Waals surface area contributed by atoms with Crippen molar-refractivity contribution in [1.82, 2.24) is 24.8 Å². The van der Waals surface area contributed by atoms with Gasteiger partial charge in [0.25, 0.3) is 0 Å². The van der Waals surface area contributed by atoms with E-state index >= 15 is 0 Å². The summed E-state index contributed by atoms with van der Waals surface area (Å²) in [7, 11) is 1.74. The van der Waals surface area contributed by atoms with Crippen LogP contribution in [0.1, 0.15) is 18.5 Å². The molecule has 0 amide bonds. The van der Waals surface area contributed by atoms with Crippen molar-refractivity contribution in [3.63, 3.8) is 0 Å². The second kappa shape index (κ2) is 7.46. The van der Waals surface area contributed by atoms with Crippen LogP contribution >= 0.6 is 0 Å². The van der Waals surface area contributed by atoms with E-state index in [0.717, 1.165) is 17.2 Å². The van der Waals surface area contributed by atoms with Crippen molar-refractivity contribution in [1.29, 1.82) is 0 Å². The van der Waals surface area contributed by atoms with Gasteiger partial charge in [-0.15, -0.1) is 0 Å². The van der Waals surface area contributed by atoms with Crippen molar-refractivity contribution in [3.05, 3.63) is 60.4 Å². The van der Waals surface area contributed by atoms with Crippen LogP contribution in [0.25, 0.3) is 16.8 Å². The van der Waals surface area contributed by atoms with Crippen LogP contribution in [0.4, 0.5) is 19.0 Å². The summed E-state index contributed by atoms with van der Waals surface area (Å²) in [5.41, 5.74) is 2.51. The van der Waals surface area contributed by atoms with E-state index in [-0.39, 0.29) is 11.3 Å². The molecule has 0 aliphatic carbocycles. The van der Waals surface area contributed by atoms with E-state index in [1.165, 1.54) is 12.1 Å². The maximum absolute atomic E-state index is 13.8. The molecule has 3 heterocycles. The van der Waals surface area contributed by atoms with Crippen molar-refractivity contribution in [3.8, 4) is 16.9 Å². The molecule has 3 aromatic heterocycles. The first kappa shape index (κ1) is 18.8. The summed E-state index contributed by atoms with van der Waals surface area (Å²) in [6.45, 7) is -1.25. The predicted molar refractivity (Wildman–Crippen MR) is 100 cm³/mol. The van der Waals surface area contributed by atoms with Crippen LogP contribution in [-0.4, -0.2) is 38.5 Å². The Labute approximate surface area is 163 Å². The van der Waals surface area contributed by atoms with E-state index in [9.17, 15) is 13.2 Å². The van der Waals surface area contributed by atoms with Crippen LogP contribution in [0.3, 0.4) is 0 Å². The lowest BCUT2D eigenvalue weighted by Gasteiger charge is -2.27. The number of hydrogen-bond donors (Lipinski definition) is 1. The van der Waals surface area contributed by atoms with Crippen LogP contribution in [0, 0.1) is 5.82 Å². The van der Waals surface area contributed by atoms with Crippen LogP contribution in [-0.2, 0) is 0 Å². The average Bonchev–Trinajstić information content (AvgIpc) is 3.36. The molecule has 1 aromatic carbocycles. The quantitative estimate of drug-likeness (QED) is 0.527. The number of nitrogens with one attached hydrogen (secondary N) is 1. The number of hydrogen-bond acceptors (Lipinski definition) is 5. The number of halogens is 3. The van der Waals surface area contributed by atoms with Gasteiger partial charge in [0.05, 0.1) is 18.4 Å². The summed E-state index contributed by atoms with van der Waals surface area (Å²) in [4.78, 5) is 6.40. The van der Waals surface area contributed by atoms with E-state index in [1.807, 2.05) is 0 Å². The number of anilines is 1. The third kappa shape index (κ3) is 3.60.